The Morgan fingerprint density at radius 2 is 1.63 bits per heavy atom. The molecule has 1 amide bonds. The molecule has 2 aromatic rings. The van der Waals surface area contributed by atoms with Crippen molar-refractivity contribution in [2.24, 2.45) is 0 Å². The van der Waals surface area contributed by atoms with Crippen molar-refractivity contribution >= 4 is 33.3 Å². The maximum atomic E-state index is 12.9. The van der Waals surface area contributed by atoms with Crippen LogP contribution in [-0.4, -0.2) is 64.3 Å². The number of hydrogen-bond donors (Lipinski definition) is 4. The molecular weight excluding hydrogens is 525 g/mol. The minimum atomic E-state index is -5.08. The molecular formula is C25H33F3N4O5S. The third-order valence-corrected chi connectivity index (χ3v) is 6.90. The van der Waals surface area contributed by atoms with Crippen LogP contribution >= 0.6 is 0 Å². The Balaban J connectivity index is 0.000000638. The number of halogens is 3. The zero-order valence-corrected chi connectivity index (χ0v) is 22.1. The van der Waals surface area contributed by atoms with Gasteiger partial charge < -0.3 is 20.6 Å². The summed E-state index contributed by atoms with van der Waals surface area (Å²) in [5.41, 5.74) is 2.78. The molecule has 0 radical (unpaired) electrons. The number of nitrogens with one attached hydrogen (secondary N) is 3. The molecule has 38 heavy (non-hydrogen) atoms. The van der Waals surface area contributed by atoms with E-state index in [1.165, 1.54) is 0 Å². The van der Waals surface area contributed by atoms with Gasteiger partial charge in [-0.2, -0.15) is 13.2 Å². The molecule has 13 heteroatoms. The van der Waals surface area contributed by atoms with E-state index < -0.39 is 22.2 Å². The van der Waals surface area contributed by atoms with E-state index in [1.54, 1.807) is 24.3 Å². The number of anilines is 2. The Morgan fingerprint density at radius 3 is 2.16 bits per heavy atom. The number of carbonyl (C=O) groups excluding carboxylic acids is 1. The van der Waals surface area contributed by atoms with Crippen molar-refractivity contribution < 1.29 is 36.3 Å². The lowest BCUT2D eigenvalue weighted by molar-refractivity contribution is -0.192. The molecule has 0 saturated carbocycles. The smallest absolute Gasteiger partial charge is 0.475 e. The quantitative estimate of drug-likeness (QED) is 0.370. The Hall–Kier alpha value is -3.32. The van der Waals surface area contributed by atoms with Crippen LogP contribution in [0.2, 0.25) is 0 Å². The molecule has 4 N–H and O–H groups in total. The average molecular weight is 559 g/mol. The number of carboxylic acid groups (broad SMARTS) is 1. The minimum Gasteiger partial charge on any atom is -0.475 e. The van der Waals surface area contributed by atoms with E-state index in [0.29, 0.717) is 17.8 Å². The van der Waals surface area contributed by atoms with E-state index in [9.17, 15) is 26.4 Å². The van der Waals surface area contributed by atoms with E-state index in [1.807, 2.05) is 25.1 Å². The predicted molar refractivity (Wildman–Crippen MR) is 139 cm³/mol. The standard InChI is InChI=1S/C23H32N4O3S.C2HF3O2/c1-3-5-18-6-9-20(10-7-18)31(29,30)26-19-8-11-22(27-15-13-24-14-16-27)21(17-19)23(28)25-12-4-2;3-2(4,5)1(6)7/h6-11,17,24,26H,3-5,12-16H2,1-2H3,(H,25,28);(H,6,7). The Morgan fingerprint density at radius 1 is 1.03 bits per heavy atom. The van der Waals surface area contributed by atoms with Crippen molar-refractivity contribution in [3.05, 3.63) is 53.6 Å². The summed E-state index contributed by atoms with van der Waals surface area (Å²) in [6.07, 6.45) is -2.33. The number of aliphatic carboxylic acids is 1. The highest BCUT2D eigenvalue weighted by Crippen LogP contribution is 2.27. The first kappa shape index (κ1) is 30.9. The van der Waals surface area contributed by atoms with Gasteiger partial charge in [-0.05, 0) is 48.7 Å². The lowest BCUT2D eigenvalue weighted by Gasteiger charge is -2.31. The zero-order valence-electron chi connectivity index (χ0n) is 21.3. The van der Waals surface area contributed by atoms with Crippen LogP contribution in [0.1, 0.15) is 42.6 Å². The average Bonchev–Trinajstić information content (AvgIpc) is 2.88. The number of piperazine rings is 1. The maximum absolute atomic E-state index is 12.9. The number of carboxylic acids is 1. The van der Waals surface area contributed by atoms with E-state index >= 15 is 0 Å². The molecule has 1 heterocycles. The molecule has 2 aromatic carbocycles. The number of carbonyl (C=O) groups is 2. The summed E-state index contributed by atoms with van der Waals surface area (Å²) in [5, 5.41) is 13.3. The fraction of sp³-hybridized carbons (Fsp3) is 0.440. The summed E-state index contributed by atoms with van der Waals surface area (Å²) in [7, 11) is -3.75. The maximum Gasteiger partial charge on any atom is 0.490 e. The van der Waals surface area contributed by atoms with Crippen molar-refractivity contribution in [2.75, 3.05) is 42.3 Å². The van der Waals surface area contributed by atoms with Gasteiger partial charge in [0.25, 0.3) is 15.9 Å². The topological polar surface area (TPSA) is 128 Å². The molecule has 0 unspecified atom stereocenters. The van der Waals surface area contributed by atoms with Gasteiger partial charge in [-0.25, -0.2) is 13.2 Å². The van der Waals surface area contributed by atoms with Gasteiger partial charge in [0.1, 0.15) is 0 Å². The van der Waals surface area contributed by atoms with Crippen LogP contribution in [0, 0.1) is 0 Å². The number of nitrogens with zero attached hydrogens (tertiary/aromatic N) is 1. The second kappa shape index (κ2) is 14.0. The largest absolute Gasteiger partial charge is 0.490 e. The van der Waals surface area contributed by atoms with Crippen LogP contribution < -0.4 is 20.3 Å². The summed E-state index contributed by atoms with van der Waals surface area (Å²) in [6.45, 7) is 7.93. The van der Waals surface area contributed by atoms with E-state index in [0.717, 1.165) is 56.7 Å². The highest BCUT2D eigenvalue weighted by atomic mass is 32.2. The van der Waals surface area contributed by atoms with Crippen molar-refractivity contribution in [2.45, 2.75) is 44.2 Å². The lowest BCUT2D eigenvalue weighted by Crippen LogP contribution is -2.44. The van der Waals surface area contributed by atoms with Crippen LogP contribution in [0.5, 0.6) is 0 Å². The van der Waals surface area contributed by atoms with Crippen LogP contribution in [0.25, 0.3) is 0 Å². The predicted octanol–water partition coefficient (Wildman–Crippen LogP) is 3.62. The molecule has 1 aliphatic heterocycles. The van der Waals surface area contributed by atoms with Crippen LogP contribution in [0.15, 0.2) is 47.4 Å². The van der Waals surface area contributed by atoms with Crippen LogP contribution in [-0.2, 0) is 21.2 Å². The summed E-state index contributed by atoms with van der Waals surface area (Å²) >= 11 is 0. The Labute approximate surface area is 220 Å². The van der Waals surface area contributed by atoms with Crippen molar-refractivity contribution in [1.29, 1.82) is 0 Å². The molecule has 210 valence electrons. The second-order valence-electron chi connectivity index (χ2n) is 8.53. The number of aryl methyl sites for hydroxylation is 1. The van der Waals surface area contributed by atoms with Gasteiger partial charge in [-0.15, -0.1) is 0 Å². The minimum absolute atomic E-state index is 0.194. The molecule has 0 aliphatic carbocycles. The van der Waals surface area contributed by atoms with Gasteiger partial charge in [-0.1, -0.05) is 32.4 Å². The first-order chi connectivity index (χ1) is 17.9. The summed E-state index contributed by atoms with van der Waals surface area (Å²) in [4.78, 5) is 24.1. The molecule has 1 aliphatic rings. The summed E-state index contributed by atoms with van der Waals surface area (Å²) in [5.74, 6) is -2.95. The van der Waals surface area contributed by atoms with E-state index in [4.69, 9.17) is 9.90 Å². The number of amides is 1. The Bertz CT molecular complexity index is 1180. The molecule has 0 bridgehead atoms. The first-order valence-corrected chi connectivity index (χ1v) is 13.7. The number of alkyl halides is 3. The van der Waals surface area contributed by atoms with E-state index in [2.05, 4.69) is 27.2 Å². The molecule has 3 rings (SSSR count). The van der Waals surface area contributed by atoms with Crippen LogP contribution in [0.3, 0.4) is 0 Å². The second-order valence-corrected chi connectivity index (χ2v) is 10.2. The van der Waals surface area contributed by atoms with Crippen molar-refractivity contribution in [3.63, 3.8) is 0 Å². The van der Waals surface area contributed by atoms with Crippen LogP contribution in [0.4, 0.5) is 24.5 Å². The van der Waals surface area contributed by atoms with Crippen molar-refractivity contribution in [3.8, 4) is 0 Å². The fourth-order valence-corrected chi connectivity index (χ4v) is 4.68. The molecule has 9 nitrogen and oxygen atoms in total. The number of benzene rings is 2. The summed E-state index contributed by atoms with van der Waals surface area (Å²) in [6, 6.07) is 12.1. The molecule has 0 spiro atoms. The Kier molecular flexibility index (Phi) is 11.4. The van der Waals surface area contributed by atoms with Gasteiger partial charge in [0.05, 0.1) is 10.5 Å². The fourth-order valence-electron chi connectivity index (χ4n) is 3.63. The molecule has 1 saturated heterocycles. The zero-order chi connectivity index (χ0) is 28.3. The third kappa shape index (κ3) is 9.21. The monoisotopic (exact) mass is 558 g/mol. The van der Waals surface area contributed by atoms with Crippen molar-refractivity contribution in [1.82, 2.24) is 10.6 Å². The van der Waals surface area contributed by atoms with Gasteiger partial charge in [-0.3, -0.25) is 9.52 Å². The SMILES string of the molecule is CCCNC(=O)c1cc(NS(=O)(=O)c2ccc(CCC)cc2)ccc1N1CCNCC1.O=C(O)C(F)(F)F. The van der Waals surface area contributed by atoms with Gasteiger partial charge in [0.2, 0.25) is 0 Å². The number of hydrogen-bond acceptors (Lipinski definition) is 6. The molecule has 0 atom stereocenters. The molecule has 0 aromatic heterocycles. The van der Waals surface area contributed by atoms with E-state index in [-0.39, 0.29) is 10.8 Å². The number of sulfonamides is 1. The third-order valence-electron chi connectivity index (χ3n) is 5.50. The number of rotatable bonds is 9. The highest BCUT2D eigenvalue weighted by molar-refractivity contribution is 7.92. The van der Waals surface area contributed by atoms with Gasteiger partial charge >= 0.3 is 12.1 Å². The normalized spacial score (nSPS) is 13.8. The first-order valence-electron chi connectivity index (χ1n) is 12.2. The summed E-state index contributed by atoms with van der Waals surface area (Å²) < 4.78 is 60.1. The van der Waals surface area contributed by atoms with Gasteiger partial charge in [0, 0.05) is 44.1 Å². The van der Waals surface area contributed by atoms with Gasteiger partial charge in [0.15, 0.2) is 0 Å². The lowest BCUT2D eigenvalue weighted by atomic mass is 10.1. The highest BCUT2D eigenvalue weighted by Gasteiger charge is 2.38. The molecule has 1 fully saturated rings.